The van der Waals surface area contributed by atoms with Crippen LogP contribution in [0.5, 0.6) is 0 Å². The molecule has 18 heavy (non-hydrogen) atoms. The van der Waals surface area contributed by atoms with E-state index in [9.17, 15) is 4.39 Å². The Hall–Kier alpha value is -1.56. The summed E-state index contributed by atoms with van der Waals surface area (Å²) in [5.41, 5.74) is 7.32. The molecule has 94 valence electrons. The quantitative estimate of drug-likeness (QED) is 0.838. The first-order valence-electron chi connectivity index (χ1n) is 5.66. The minimum absolute atomic E-state index is 0.313. The van der Waals surface area contributed by atoms with Gasteiger partial charge in [-0.3, -0.25) is 0 Å². The van der Waals surface area contributed by atoms with Crippen molar-refractivity contribution in [1.29, 1.82) is 0 Å². The molecule has 0 unspecified atom stereocenters. The highest BCUT2D eigenvalue weighted by Gasteiger charge is 2.30. The summed E-state index contributed by atoms with van der Waals surface area (Å²) in [6.07, 6.45) is 2.19. The van der Waals surface area contributed by atoms with Crippen molar-refractivity contribution in [3.63, 3.8) is 0 Å². The summed E-state index contributed by atoms with van der Waals surface area (Å²) in [5, 5.41) is 0. The third-order valence-corrected chi connectivity index (χ3v) is 3.72. The molecule has 0 aliphatic heterocycles. The van der Waals surface area contributed by atoms with Gasteiger partial charge < -0.3 is 11.6 Å². The number of imidazole rings is 1. The van der Waals surface area contributed by atoms with Crippen LogP contribution < -0.4 is 11.6 Å². The number of benzene rings is 1. The normalized spacial score (nSPS) is 15.0. The Morgan fingerprint density at radius 1 is 1.39 bits per heavy atom. The van der Waals surface area contributed by atoms with Crippen LogP contribution in [-0.2, 0) is 0 Å². The van der Waals surface area contributed by atoms with Gasteiger partial charge in [-0.2, -0.15) is 0 Å². The van der Waals surface area contributed by atoms with Crippen molar-refractivity contribution in [1.82, 2.24) is 9.66 Å². The van der Waals surface area contributed by atoms with Gasteiger partial charge in [-0.05, 0) is 47.0 Å². The maximum atomic E-state index is 13.2. The van der Waals surface area contributed by atoms with Crippen LogP contribution in [0, 0.1) is 5.82 Å². The van der Waals surface area contributed by atoms with Crippen molar-refractivity contribution in [3.05, 3.63) is 34.3 Å². The fourth-order valence-electron chi connectivity index (χ4n) is 1.95. The van der Waals surface area contributed by atoms with Crippen molar-refractivity contribution >= 4 is 21.7 Å². The molecular formula is C12H12BrFN4. The minimum Gasteiger partial charge on any atom is -0.382 e. The number of nitrogen functional groups attached to an aromatic ring is 2. The topological polar surface area (TPSA) is 69.9 Å². The van der Waals surface area contributed by atoms with E-state index >= 15 is 0 Å². The average Bonchev–Trinajstić information content (AvgIpc) is 3.13. The number of anilines is 1. The summed E-state index contributed by atoms with van der Waals surface area (Å²) in [5.74, 6) is 7.21. The molecule has 1 heterocycles. The molecule has 0 radical (unpaired) electrons. The fourth-order valence-corrected chi connectivity index (χ4v) is 2.33. The fraction of sp³-hybridized carbons (Fsp3) is 0.250. The molecule has 1 aromatic carbocycles. The molecule has 0 atom stereocenters. The molecule has 0 bridgehead atoms. The number of halogens is 2. The van der Waals surface area contributed by atoms with Crippen LogP contribution in [-0.4, -0.2) is 9.66 Å². The zero-order chi connectivity index (χ0) is 12.9. The van der Waals surface area contributed by atoms with Crippen molar-refractivity contribution in [2.75, 3.05) is 11.6 Å². The third kappa shape index (κ3) is 1.77. The van der Waals surface area contributed by atoms with Gasteiger partial charge in [0.25, 0.3) is 0 Å². The molecule has 3 rings (SSSR count). The van der Waals surface area contributed by atoms with Gasteiger partial charge in [0.05, 0.1) is 4.47 Å². The van der Waals surface area contributed by atoms with Crippen LogP contribution >= 0.6 is 15.9 Å². The maximum Gasteiger partial charge on any atom is 0.150 e. The van der Waals surface area contributed by atoms with Crippen molar-refractivity contribution in [2.24, 2.45) is 0 Å². The van der Waals surface area contributed by atoms with E-state index in [-0.39, 0.29) is 5.82 Å². The monoisotopic (exact) mass is 310 g/mol. The largest absolute Gasteiger partial charge is 0.382 e. The van der Waals surface area contributed by atoms with E-state index in [0.717, 1.165) is 24.2 Å². The molecule has 4 nitrogen and oxygen atoms in total. The van der Waals surface area contributed by atoms with E-state index in [1.165, 1.54) is 10.7 Å². The highest BCUT2D eigenvalue weighted by molar-refractivity contribution is 9.10. The highest BCUT2D eigenvalue weighted by Crippen LogP contribution is 2.41. The molecule has 6 heteroatoms. The number of hydrogen-bond donors (Lipinski definition) is 2. The predicted octanol–water partition coefficient (Wildman–Crippen LogP) is 2.63. The van der Waals surface area contributed by atoms with Crippen LogP contribution in [0.1, 0.15) is 24.6 Å². The number of nitrogens with zero attached hydrogens (tertiary/aromatic N) is 2. The molecular weight excluding hydrogens is 299 g/mol. The van der Waals surface area contributed by atoms with Crippen molar-refractivity contribution in [3.8, 4) is 11.3 Å². The molecule has 4 N–H and O–H groups in total. The van der Waals surface area contributed by atoms with E-state index in [0.29, 0.717) is 21.9 Å². The average molecular weight is 311 g/mol. The Morgan fingerprint density at radius 3 is 2.72 bits per heavy atom. The van der Waals surface area contributed by atoms with Gasteiger partial charge in [0.15, 0.2) is 5.82 Å². The molecule has 2 aromatic rings. The molecule has 0 amide bonds. The van der Waals surface area contributed by atoms with E-state index < -0.39 is 0 Å². The summed E-state index contributed by atoms with van der Waals surface area (Å²) in [6.45, 7) is 0. The summed E-state index contributed by atoms with van der Waals surface area (Å²) in [7, 11) is 0. The van der Waals surface area contributed by atoms with Gasteiger partial charge in [-0.1, -0.05) is 0 Å². The lowest BCUT2D eigenvalue weighted by Crippen LogP contribution is -2.14. The molecule has 0 spiro atoms. The smallest absolute Gasteiger partial charge is 0.150 e. The first kappa shape index (κ1) is 11.5. The first-order chi connectivity index (χ1) is 8.58. The Kier molecular flexibility index (Phi) is 2.55. The minimum atomic E-state index is -0.313. The van der Waals surface area contributed by atoms with Crippen LogP contribution in [0.15, 0.2) is 22.7 Å². The predicted molar refractivity (Wildman–Crippen MR) is 71.9 cm³/mol. The standard InChI is InChI=1S/C12H12BrFN4/c13-8-5-7(3-4-9(8)14)10-11(15)18(16)12(17-10)6-1-2-6/h3-6H,1-2,15-16H2. The van der Waals surface area contributed by atoms with Gasteiger partial charge in [0.1, 0.15) is 17.3 Å². The lowest BCUT2D eigenvalue weighted by molar-refractivity contribution is 0.621. The lowest BCUT2D eigenvalue weighted by atomic mass is 10.1. The zero-order valence-corrected chi connectivity index (χ0v) is 11.1. The third-order valence-electron chi connectivity index (χ3n) is 3.11. The second-order valence-electron chi connectivity index (χ2n) is 4.48. The molecule has 1 saturated carbocycles. The Balaban J connectivity index is 2.10. The maximum absolute atomic E-state index is 13.2. The lowest BCUT2D eigenvalue weighted by Gasteiger charge is -2.02. The Morgan fingerprint density at radius 2 is 2.11 bits per heavy atom. The summed E-state index contributed by atoms with van der Waals surface area (Å²) >= 11 is 3.15. The summed E-state index contributed by atoms with van der Waals surface area (Å²) in [6, 6.07) is 4.69. The zero-order valence-electron chi connectivity index (χ0n) is 9.53. The van der Waals surface area contributed by atoms with Crippen LogP contribution in [0.25, 0.3) is 11.3 Å². The summed E-state index contributed by atoms with van der Waals surface area (Å²) < 4.78 is 15.0. The van der Waals surface area contributed by atoms with E-state index in [2.05, 4.69) is 20.9 Å². The number of aromatic nitrogens is 2. The molecule has 1 aromatic heterocycles. The summed E-state index contributed by atoms with van der Waals surface area (Å²) in [4.78, 5) is 4.48. The Labute approximate surface area is 112 Å². The number of hydrogen-bond acceptors (Lipinski definition) is 3. The van der Waals surface area contributed by atoms with Gasteiger partial charge in [-0.15, -0.1) is 0 Å². The molecule has 1 fully saturated rings. The molecule has 1 aliphatic carbocycles. The van der Waals surface area contributed by atoms with E-state index in [1.807, 2.05) is 0 Å². The van der Waals surface area contributed by atoms with Crippen LogP contribution in [0.4, 0.5) is 10.2 Å². The number of nitrogens with two attached hydrogens (primary N) is 2. The number of rotatable bonds is 2. The van der Waals surface area contributed by atoms with E-state index in [4.69, 9.17) is 11.6 Å². The SMILES string of the molecule is Nc1c(-c2ccc(F)c(Br)c2)nc(C2CC2)n1N. The molecule has 1 aliphatic rings. The molecule has 0 saturated heterocycles. The van der Waals surface area contributed by atoms with Crippen molar-refractivity contribution in [2.45, 2.75) is 18.8 Å². The van der Waals surface area contributed by atoms with E-state index in [1.54, 1.807) is 12.1 Å². The second kappa shape index (κ2) is 3.98. The first-order valence-corrected chi connectivity index (χ1v) is 6.46. The van der Waals surface area contributed by atoms with Gasteiger partial charge in [-0.25, -0.2) is 14.1 Å². The van der Waals surface area contributed by atoms with Gasteiger partial charge in [0.2, 0.25) is 0 Å². The van der Waals surface area contributed by atoms with Gasteiger partial charge in [0, 0.05) is 11.5 Å². The highest BCUT2D eigenvalue weighted by atomic mass is 79.9. The van der Waals surface area contributed by atoms with Crippen molar-refractivity contribution < 1.29 is 4.39 Å². The van der Waals surface area contributed by atoms with Crippen LogP contribution in [0.3, 0.4) is 0 Å². The van der Waals surface area contributed by atoms with Gasteiger partial charge >= 0.3 is 0 Å². The van der Waals surface area contributed by atoms with Crippen LogP contribution in [0.2, 0.25) is 0 Å². The second-order valence-corrected chi connectivity index (χ2v) is 5.33. The Bertz CT molecular complexity index is 619.